The van der Waals surface area contributed by atoms with Gasteiger partial charge in [-0.3, -0.25) is 9.59 Å². The van der Waals surface area contributed by atoms with Crippen molar-refractivity contribution in [3.05, 3.63) is 11.6 Å². The van der Waals surface area contributed by atoms with E-state index in [1.165, 1.54) is 31.3 Å². The number of nitrogens with one attached hydrogen (secondary N) is 1. The highest BCUT2D eigenvalue weighted by Crippen LogP contribution is 2.39. The van der Waals surface area contributed by atoms with Crippen LogP contribution >= 0.6 is 0 Å². The van der Waals surface area contributed by atoms with Crippen LogP contribution in [0.3, 0.4) is 0 Å². The Labute approximate surface area is 150 Å². The highest BCUT2D eigenvalue weighted by molar-refractivity contribution is 5.80. The van der Waals surface area contributed by atoms with Gasteiger partial charge in [0, 0.05) is 19.4 Å². The van der Waals surface area contributed by atoms with Gasteiger partial charge in [-0.25, -0.2) is 0 Å². The van der Waals surface area contributed by atoms with Gasteiger partial charge in [0.25, 0.3) is 0 Å². The Balaban J connectivity index is 1.18. The Kier molecular flexibility index (Phi) is 4.85. The number of likely N-dealkylation sites (tertiary alicyclic amines) is 1. The maximum atomic E-state index is 12.4. The van der Waals surface area contributed by atoms with E-state index in [1.807, 2.05) is 4.90 Å². The molecule has 2 aliphatic carbocycles. The number of carbonyl (C=O) groups is 2. The fourth-order valence-electron chi connectivity index (χ4n) is 4.40. The van der Waals surface area contributed by atoms with E-state index in [9.17, 15) is 9.59 Å². The third kappa shape index (κ3) is 4.25. The first kappa shape index (κ1) is 17.1. The molecule has 4 rings (SSSR count). The Bertz CT molecular complexity index is 561. The number of ether oxygens (including phenoxy) is 1. The van der Waals surface area contributed by atoms with Crippen molar-refractivity contribution in [3.63, 3.8) is 0 Å². The minimum Gasteiger partial charge on any atom is -0.371 e. The molecule has 1 unspecified atom stereocenters. The van der Waals surface area contributed by atoms with E-state index in [2.05, 4.69) is 11.4 Å². The summed E-state index contributed by atoms with van der Waals surface area (Å²) in [6.07, 6.45) is 11.5. The predicted molar refractivity (Wildman–Crippen MR) is 94.9 cm³/mol. The van der Waals surface area contributed by atoms with Crippen LogP contribution in [0.1, 0.15) is 57.8 Å². The van der Waals surface area contributed by atoms with Gasteiger partial charge in [-0.05, 0) is 56.8 Å². The van der Waals surface area contributed by atoms with Gasteiger partial charge in [-0.1, -0.05) is 11.6 Å². The lowest BCUT2D eigenvalue weighted by molar-refractivity contribution is -0.157. The molecule has 2 saturated heterocycles. The van der Waals surface area contributed by atoms with Gasteiger partial charge in [0.05, 0.1) is 19.7 Å². The van der Waals surface area contributed by atoms with Gasteiger partial charge in [0.1, 0.15) is 5.60 Å². The van der Waals surface area contributed by atoms with Crippen molar-refractivity contribution in [2.45, 2.75) is 63.4 Å². The maximum Gasteiger partial charge on any atom is 0.226 e. The summed E-state index contributed by atoms with van der Waals surface area (Å²) in [5, 5.41) is 3.04. The van der Waals surface area contributed by atoms with Crippen LogP contribution in [-0.4, -0.2) is 48.6 Å². The van der Waals surface area contributed by atoms with Gasteiger partial charge >= 0.3 is 0 Å². The molecule has 1 saturated carbocycles. The third-order valence-electron chi connectivity index (χ3n) is 6.12. The number of hydrogen-bond acceptors (Lipinski definition) is 3. The molecule has 1 N–H and O–H groups in total. The first-order chi connectivity index (χ1) is 12.1. The SMILES string of the molecule is O=C(CC1COC2(C1)CN(C(=O)CC1=CCCCC1)C2)NCC1CC1. The lowest BCUT2D eigenvalue weighted by Crippen LogP contribution is -2.63. The van der Waals surface area contributed by atoms with Crippen molar-refractivity contribution in [2.75, 3.05) is 26.2 Å². The number of hydrogen-bond donors (Lipinski definition) is 1. The summed E-state index contributed by atoms with van der Waals surface area (Å²) in [5.41, 5.74) is 1.15. The summed E-state index contributed by atoms with van der Waals surface area (Å²) in [6, 6.07) is 0. The molecular formula is C20H30N2O3. The van der Waals surface area contributed by atoms with Crippen molar-refractivity contribution in [1.82, 2.24) is 10.2 Å². The standard InChI is InChI=1S/C20H30N2O3/c23-18(21-11-16-6-7-16)8-17-10-20(25-12-17)13-22(14-20)19(24)9-15-4-2-1-3-5-15/h4,16-17H,1-3,5-14H2,(H,21,23). The predicted octanol–water partition coefficient (Wildman–Crippen LogP) is 2.41. The van der Waals surface area contributed by atoms with Gasteiger partial charge in [0.15, 0.2) is 0 Å². The Morgan fingerprint density at radius 1 is 1.24 bits per heavy atom. The second-order valence-corrected chi connectivity index (χ2v) is 8.55. The molecule has 2 heterocycles. The highest BCUT2D eigenvalue weighted by Gasteiger charge is 2.51. The molecule has 3 fully saturated rings. The molecule has 0 bridgehead atoms. The minimum absolute atomic E-state index is 0.161. The van der Waals surface area contributed by atoms with E-state index < -0.39 is 0 Å². The van der Waals surface area contributed by atoms with Crippen LogP contribution in [0.15, 0.2) is 11.6 Å². The second-order valence-electron chi connectivity index (χ2n) is 8.55. The van der Waals surface area contributed by atoms with Crippen LogP contribution in [0.4, 0.5) is 0 Å². The molecular weight excluding hydrogens is 316 g/mol. The van der Waals surface area contributed by atoms with Crippen LogP contribution in [0.5, 0.6) is 0 Å². The Morgan fingerprint density at radius 2 is 2.08 bits per heavy atom. The van der Waals surface area contributed by atoms with Crippen molar-refractivity contribution in [2.24, 2.45) is 11.8 Å². The van der Waals surface area contributed by atoms with E-state index >= 15 is 0 Å². The summed E-state index contributed by atoms with van der Waals surface area (Å²) in [6.45, 7) is 2.92. The molecule has 5 nitrogen and oxygen atoms in total. The molecule has 1 spiro atoms. The summed E-state index contributed by atoms with van der Waals surface area (Å²) in [7, 11) is 0. The van der Waals surface area contributed by atoms with E-state index in [0.717, 1.165) is 31.7 Å². The quantitative estimate of drug-likeness (QED) is 0.752. The van der Waals surface area contributed by atoms with E-state index in [0.29, 0.717) is 38.5 Å². The normalized spacial score (nSPS) is 27.8. The zero-order valence-electron chi connectivity index (χ0n) is 15.1. The summed E-state index contributed by atoms with van der Waals surface area (Å²) in [4.78, 5) is 26.4. The Hall–Kier alpha value is -1.36. The maximum absolute atomic E-state index is 12.4. The molecule has 0 aromatic carbocycles. The average molecular weight is 346 g/mol. The number of nitrogens with zero attached hydrogens (tertiary/aromatic N) is 1. The summed E-state index contributed by atoms with van der Waals surface area (Å²) >= 11 is 0. The first-order valence-electron chi connectivity index (χ1n) is 9.98. The second kappa shape index (κ2) is 7.10. The fourth-order valence-corrected chi connectivity index (χ4v) is 4.40. The molecule has 0 aromatic rings. The zero-order chi connectivity index (χ0) is 17.3. The minimum atomic E-state index is -0.169. The average Bonchev–Trinajstić information content (AvgIpc) is 3.31. The third-order valence-corrected chi connectivity index (χ3v) is 6.12. The van der Waals surface area contributed by atoms with Crippen molar-refractivity contribution >= 4 is 11.8 Å². The fraction of sp³-hybridized carbons (Fsp3) is 0.800. The van der Waals surface area contributed by atoms with Crippen molar-refractivity contribution < 1.29 is 14.3 Å². The van der Waals surface area contributed by atoms with Crippen LogP contribution in [-0.2, 0) is 14.3 Å². The highest BCUT2D eigenvalue weighted by atomic mass is 16.5. The van der Waals surface area contributed by atoms with Crippen LogP contribution in [0, 0.1) is 11.8 Å². The van der Waals surface area contributed by atoms with Crippen LogP contribution in [0.25, 0.3) is 0 Å². The van der Waals surface area contributed by atoms with Gasteiger partial charge < -0.3 is 15.0 Å². The number of carbonyl (C=O) groups excluding carboxylic acids is 2. The number of allylic oxidation sites excluding steroid dienone is 1. The van der Waals surface area contributed by atoms with E-state index in [1.54, 1.807) is 0 Å². The molecule has 0 radical (unpaired) electrons. The lowest BCUT2D eigenvalue weighted by Gasteiger charge is -2.47. The summed E-state index contributed by atoms with van der Waals surface area (Å²) < 4.78 is 6.01. The molecule has 1 atom stereocenters. The molecule has 138 valence electrons. The first-order valence-corrected chi connectivity index (χ1v) is 9.98. The van der Waals surface area contributed by atoms with Gasteiger partial charge in [0.2, 0.25) is 11.8 Å². The van der Waals surface area contributed by atoms with Crippen molar-refractivity contribution in [1.29, 1.82) is 0 Å². The molecule has 2 aliphatic heterocycles. The molecule has 2 amide bonds. The van der Waals surface area contributed by atoms with Crippen LogP contribution in [0.2, 0.25) is 0 Å². The van der Waals surface area contributed by atoms with Gasteiger partial charge in [-0.15, -0.1) is 0 Å². The number of amides is 2. The molecule has 5 heteroatoms. The van der Waals surface area contributed by atoms with Crippen molar-refractivity contribution in [3.8, 4) is 0 Å². The monoisotopic (exact) mass is 346 g/mol. The largest absolute Gasteiger partial charge is 0.371 e. The van der Waals surface area contributed by atoms with E-state index in [4.69, 9.17) is 4.74 Å². The lowest BCUT2D eigenvalue weighted by atomic mass is 9.85. The molecule has 25 heavy (non-hydrogen) atoms. The summed E-state index contributed by atoms with van der Waals surface area (Å²) in [5.74, 6) is 1.43. The smallest absolute Gasteiger partial charge is 0.226 e. The molecule has 4 aliphatic rings. The van der Waals surface area contributed by atoms with E-state index in [-0.39, 0.29) is 17.4 Å². The molecule has 0 aromatic heterocycles. The van der Waals surface area contributed by atoms with Gasteiger partial charge in [-0.2, -0.15) is 0 Å². The topological polar surface area (TPSA) is 58.6 Å². The Morgan fingerprint density at radius 3 is 2.80 bits per heavy atom. The zero-order valence-corrected chi connectivity index (χ0v) is 15.1. The number of rotatable bonds is 6. The van der Waals surface area contributed by atoms with Crippen LogP contribution < -0.4 is 5.32 Å².